The fraction of sp³-hybridized carbons (Fsp3) is 0.269. The van der Waals surface area contributed by atoms with Crippen LogP contribution in [0.15, 0.2) is 66.7 Å². The van der Waals surface area contributed by atoms with Crippen molar-refractivity contribution in [3.8, 4) is 5.75 Å². The average molecular weight is 436 g/mol. The zero-order valence-corrected chi connectivity index (χ0v) is 18.3. The summed E-state index contributed by atoms with van der Waals surface area (Å²) >= 11 is 6.22. The minimum atomic E-state index is -1.27. The maximum Gasteiger partial charge on any atom is 0.254 e. The molecule has 5 heteroatoms. The molecule has 3 aromatic rings. The number of halogens is 1. The van der Waals surface area contributed by atoms with Gasteiger partial charge in [-0.1, -0.05) is 54.1 Å². The number of phenolic OH excluding ortho intramolecular Hbond substituents is 1. The first-order valence-corrected chi connectivity index (χ1v) is 10.9. The van der Waals surface area contributed by atoms with Gasteiger partial charge >= 0.3 is 0 Å². The normalized spacial score (nSPS) is 14.9. The third-order valence-corrected chi connectivity index (χ3v) is 6.39. The van der Waals surface area contributed by atoms with Crippen molar-refractivity contribution in [3.63, 3.8) is 0 Å². The van der Waals surface area contributed by atoms with E-state index in [1.807, 2.05) is 48.5 Å². The molecule has 1 unspecified atom stereocenters. The highest BCUT2D eigenvalue weighted by molar-refractivity contribution is 6.31. The summed E-state index contributed by atoms with van der Waals surface area (Å²) in [5.74, 6) is -0.117. The van der Waals surface area contributed by atoms with Crippen LogP contribution < -0.4 is 0 Å². The van der Waals surface area contributed by atoms with E-state index < -0.39 is 5.60 Å². The Labute approximate surface area is 187 Å². The van der Waals surface area contributed by atoms with E-state index in [0.717, 1.165) is 23.1 Å². The molecule has 31 heavy (non-hydrogen) atoms. The standard InChI is InChI=1S/C26H26ClNO3/c1-26(31,14-6-10-18-7-4-5-11-23(18)27)22-15-19(12-13-24(22)29)25(30)28-16-20-8-2-3-9-21(20)17-28/h2-5,7-9,11-13,15,29,31H,6,10,14,16-17H2,1H3. The summed E-state index contributed by atoms with van der Waals surface area (Å²) < 4.78 is 0. The molecule has 0 fully saturated rings. The fourth-order valence-corrected chi connectivity index (χ4v) is 4.45. The lowest BCUT2D eigenvalue weighted by Gasteiger charge is -2.26. The Bertz CT molecular complexity index is 1080. The number of benzene rings is 3. The lowest BCUT2D eigenvalue weighted by molar-refractivity contribution is 0.0432. The van der Waals surface area contributed by atoms with Crippen LogP contribution in [0.5, 0.6) is 5.75 Å². The summed E-state index contributed by atoms with van der Waals surface area (Å²) in [7, 11) is 0. The van der Waals surface area contributed by atoms with Crippen LogP contribution in [0, 0.1) is 0 Å². The monoisotopic (exact) mass is 435 g/mol. The predicted molar refractivity (Wildman–Crippen MR) is 122 cm³/mol. The molecule has 0 aliphatic carbocycles. The van der Waals surface area contributed by atoms with Gasteiger partial charge in [-0.15, -0.1) is 0 Å². The molecule has 3 aromatic carbocycles. The first kappa shape index (κ1) is 21.4. The smallest absolute Gasteiger partial charge is 0.254 e. The Kier molecular flexibility index (Phi) is 6.03. The van der Waals surface area contributed by atoms with E-state index in [1.165, 1.54) is 6.07 Å². The Hall–Kier alpha value is -2.82. The lowest BCUT2D eigenvalue weighted by atomic mass is 9.88. The van der Waals surface area contributed by atoms with Crippen molar-refractivity contribution in [2.75, 3.05) is 0 Å². The number of aromatic hydroxyl groups is 1. The van der Waals surface area contributed by atoms with Crippen molar-refractivity contribution in [2.45, 2.75) is 44.9 Å². The highest BCUT2D eigenvalue weighted by Gasteiger charge is 2.29. The van der Waals surface area contributed by atoms with Crippen LogP contribution in [-0.2, 0) is 25.1 Å². The first-order chi connectivity index (χ1) is 14.8. The highest BCUT2D eigenvalue weighted by atomic mass is 35.5. The molecule has 0 saturated heterocycles. The van der Waals surface area contributed by atoms with Gasteiger partial charge < -0.3 is 15.1 Å². The zero-order chi connectivity index (χ0) is 22.0. The molecule has 0 bridgehead atoms. The van der Waals surface area contributed by atoms with E-state index >= 15 is 0 Å². The van der Waals surface area contributed by atoms with E-state index in [1.54, 1.807) is 24.0 Å². The second-order valence-electron chi connectivity index (χ2n) is 8.38. The molecular formula is C26H26ClNO3. The minimum absolute atomic E-state index is 0.0102. The van der Waals surface area contributed by atoms with Gasteiger partial charge in [0.25, 0.3) is 5.91 Å². The van der Waals surface area contributed by atoms with E-state index in [9.17, 15) is 15.0 Å². The number of aryl methyl sites for hydroxylation is 1. The van der Waals surface area contributed by atoms with Gasteiger partial charge in [0.05, 0.1) is 5.60 Å². The molecular weight excluding hydrogens is 410 g/mol. The number of fused-ring (bicyclic) bond motifs is 1. The van der Waals surface area contributed by atoms with Gasteiger partial charge in [0.1, 0.15) is 5.75 Å². The highest BCUT2D eigenvalue weighted by Crippen LogP contribution is 2.35. The topological polar surface area (TPSA) is 60.8 Å². The van der Waals surface area contributed by atoms with Gasteiger partial charge in [0.2, 0.25) is 0 Å². The minimum Gasteiger partial charge on any atom is -0.508 e. The van der Waals surface area contributed by atoms with Crippen molar-refractivity contribution in [2.24, 2.45) is 0 Å². The van der Waals surface area contributed by atoms with E-state index in [0.29, 0.717) is 42.1 Å². The number of phenols is 1. The maximum absolute atomic E-state index is 13.1. The van der Waals surface area contributed by atoms with E-state index in [-0.39, 0.29) is 11.7 Å². The molecule has 0 aromatic heterocycles. The molecule has 0 saturated carbocycles. The van der Waals surface area contributed by atoms with Gasteiger partial charge in [-0.2, -0.15) is 0 Å². The molecule has 4 nitrogen and oxygen atoms in total. The average Bonchev–Trinajstić information content (AvgIpc) is 3.19. The van der Waals surface area contributed by atoms with Crippen LogP contribution in [-0.4, -0.2) is 21.0 Å². The summed E-state index contributed by atoms with van der Waals surface area (Å²) in [6.45, 7) is 2.81. The van der Waals surface area contributed by atoms with Crippen molar-refractivity contribution >= 4 is 17.5 Å². The molecule has 1 atom stereocenters. The van der Waals surface area contributed by atoms with Crippen molar-refractivity contribution in [1.82, 2.24) is 4.90 Å². The fourth-order valence-electron chi connectivity index (χ4n) is 4.22. The number of nitrogens with zero attached hydrogens (tertiary/aromatic N) is 1. The van der Waals surface area contributed by atoms with Crippen LogP contribution in [0.3, 0.4) is 0 Å². The number of carbonyl (C=O) groups is 1. The Morgan fingerprint density at radius 1 is 1.03 bits per heavy atom. The molecule has 0 radical (unpaired) electrons. The molecule has 0 spiro atoms. The molecule has 1 amide bonds. The van der Waals surface area contributed by atoms with E-state index in [4.69, 9.17) is 11.6 Å². The summed E-state index contributed by atoms with van der Waals surface area (Å²) in [6, 6.07) is 20.4. The lowest BCUT2D eigenvalue weighted by Crippen LogP contribution is -2.27. The number of aliphatic hydroxyl groups is 1. The summed E-state index contributed by atoms with van der Waals surface area (Å²) in [6.07, 6.45) is 1.84. The summed E-state index contributed by atoms with van der Waals surface area (Å²) in [5.41, 5.74) is 2.90. The number of amides is 1. The van der Waals surface area contributed by atoms with Gasteiger partial charge in [0.15, 0.2) is 0 Å². The number of carbonyl (C=O) groups excluding carboxylic acids is 1. The maximum atomic E-state index is 13.1. The van der Waals surface area contributed by atoms with Crippen molar-refractivity contribution < 1.29 is 15.0 Å². The Balaban J connectivity index is 1.48. The largest absolute Gasteiger partial charge is 0.508 e. The van der Waals surface area contributed by atoms with Gasteiger partial charge in [-0.05, 0) is 67.1 Å². The second kappa shape index (κ2) is 8.74. The third-order valence-electron chi connectivity index (χ3n) is 6.02. The Morgan fingerprint density at radius 3 is 2.35 bits per heavy atom. The SMILES string of the molecule is CC(O)(CCCc1ccccc1Cl)c1cc(C(=O)N2Cc3ccccc3C2)ccc1O. The number of rotatable bonds is 6. The van der Waals surface area contributed by atoms with Crippen LogP contribution in [0.1, 0.15) is 52.4 Å². The van der Waals surface area contributed by atoms with Crippen molar-refractivity contribution in [1.29, 1.82) is 0 Å². The molecule has 1 aliphatic rings. The van der Waals surface area contributed by atoms with Crippen LogP contribution in [0.2, 0.25) is 5.02 Å². The number of hydrogen-bond acceptors (Lipinski definition) is 3. The second-order valence-corrected chi connectivity index (χ2v) is 8.79. The molecule has 1 aliphatic heterocycles. The third kappa shape index (κ3) is 4.60. The van der Waals surface area contributed by atoms with Crippen LogP contribution in [0.4, 0.5) is 0 Å². The summed E-state index contributed by atoms with van der Waals surface area (Å²) in [4.78, 5) is 14.9. The zero-order valence-electron chi connectivity index (χ0n) is 17.5. The number of hydrogen-bond donors (Lipinski definition) is 2. The van der Waals surface area contributed by atoms with Crippen LogP contribution in [0.25, 0.3) is 0 Å². The van der Waals surface area contributed by atoms with Gasteiger partial charge in [-0.25, -0.2) is 0 Å². The predicted octanol–water partition coefficient (Wildman–Crippen LogP) is 5.43. The molecule has 2 N–H and O–H groups in total. The van der Waals surface area contributed by atoms with Gasteiger partial charge in [0, 0.05) is 29.2 Å². The van der Waals surface area contributed by atoms with Gasteiger partial charge in [-0.3, -0.25) is 4.79 Å². The molecule has 4 rings (SSSR count). The summed E-state index contributed by atoms with van der Waals surface area (Å²) in [5, 5.41) is 22.2. The van der Waals surface area contributed by atoms with Crippen LogP contribution >= 0.6 is 11.6 Å². The van der Waals surface area contributed by atoms with Crippen molar-refractivity contribution in [3.05, 3.63) is 99.6 Å². The van der Waals surface area contributed by atoms with E-state index in [2.05, 4.69) is 0 Å². The molecule has 1 heterocycles. The Morgan fingerprint density at radius 2 is 1.68 bits per heavy atom. The molecule has 160 valence electrons. The quantitative estimate of drug-likeness (QED) is 0.542. The first-order valence-electron chi connectivity index (χ1n) is 10.5.